The molecule has 0 unspecified atom stereocenters. The number of hydrogen-bond donors (Lipinski definition) is 3. The van der Waals surface area contributed by atoms with E-state index in [4.69, 9.17) is 9.84 Å². The number of carboxylic acid groups (broad SMARTS) is 1. The highest BCUT2D eigenvalue weighted by molar-refractivity contribution is 5.82. The van der Waals surface area contributed by atoms with Gasteiger partial charge in [-0.3, -0.25) is 0 Å². The Morgan fingerprint density at radius 1 is 1.26 bits per heavy atom. The summed E-state index contributed by atoms with van der Waals surface area (Å²) in [6, 6.07) is 4.54. The summed E-state index contributed by atoms with van der Waals surface area (Å²) in [5.41, 5.74) is -0.632. The summed E-state index contributed by atoms with van der Waals surface area (Å²) in [5, 5.41) is 20.9. The Labute approximate surface area is 111 Å². The van der Waals surface area contributed by atoms with E-state index in [0.29, 0.717) is 0 Å². The molecule has 1 atom stereocenters. The number of ether oxygens (including phenoxy) is 1. The largest absolute Gasteiger partial charge is 0.508 e. The van der Waals surface area contributed by atoms with Crippen molar-refractivity contribution in [2.75, 3.05) is 0 Å². The first-order valence-electron chi connectivity index (χ1n) is 5.71. The molecule has 0 heterocycles. The number of amides is 1. The van der Waals surface area contributed by atoms with Crippen LogP contribution >= 0.6 is 0 Å². The second-order valence-corrected chi connectivity index (χ2v) is 4.98. The van der Waals surface area contributed by atoms with Crippen LogP contribution in [0.15, 0.2) is 24.3 Å². The number of carbonyl (C=O) groups is 2. The Kier molecular flexibility index (Phi) is 4.37. The molecule has 0 aliphatic heterocycles. The Morgan fingerprint density at radius 3 is 2.32 bits per heavy atom. The van der Waals surface area contributed by atoms with Crippen molar-refractivity contribution in [2.45, 2.75) is 32.4 Å². The standard InChI is InChI=1S/C13H17NO5/c1-13(2,3)19-12(18)14-10(11(16)17)8-6-4-5-7-9(8)15/h4-7,10,15H,1-3H3,(H,14,18)(H,16,17)/t10-/m0/s1. The maximum Gasteiger partial charge on any atom is 0.408 e. The monoisotopic (exact) mass is 267 g/mol. The van der Waals surface area contributed by atoms with Crippen LogP contribution in [-0.4, -0.2) is 27.9 Å². The van der Waals surface area contributed by atoms with Crippen molar-refractivity contribution in [3.63, 3.8) is 0 Å². The summed E-state index contributed by atoms with van der Waals surface area (Å²) < 4.78 is 4.98. The molecule has 0 fully saturated rings. The van der Waals surface area contributed by atoms with Crippen molar-refractivity contribution in [1.29, 1.82) is 0 Å². The highest BCUT2D eigenvalue weighted by Gasteiger charge is 2.27. The van der Waals surface area contributed by atoms with Crippen LogP contribution in [0.5, 0.6) is 5.75 Å². The number of hydrogen-bond acceptors (Lipinski definition) is 4. The normalized spacial score (nSPS) is 12.6. The minimum absolute atomic E-state index is 0.0980. The van der Waals surface area contributed by atoms with Gasteiger partial charge in [0.15, 0.2) is 6.04 Å². The van der Waals surface area contributed by atoms with Gasteiger partial charge in [-0.05, 0) is 26.8 Å². The summed E-state index contributed by atoms with van der Waals surface area (Å²) >= 11 is 0. The van der Waals surface area contributed by atoms with Crippen LogP contribution in [0.2, 0.25) is 0 Å². The van der Waals surface area contributed by atoms with Gasteiger partial charge < -0.3 is 20.3 Å². The number of carboxylic acids is 1. The zero-order valence-electron chi connectivity index (χ0n) is 11.0. The van der Waals surface area contributed by atoms with Gasteiger partial charge in [0.2, 0.25) is 0 Å². The Bertz CT molecular complexity index is 478. The van der Waals surface area contributed by atoms with Crippen molar-refractivity contribution >= 4 is 12.1 Å². The van der Waals surface area contributed by atoms with Gasteiger partial charge in [0.25, 0.3) is 0 Å². The fourth-order valence-corrected chi connectivity index (χ4v) is 1.43. The molecule has 6 heteroatoms. The third-order valence-corrected chi connectivity index (χ3v) is 2.16. The lowest BCUT2D eigenvalue weighted by molar-refractivity contribution is -0.139. The van der Waals surface area contributed by atoms with E-state index in [0.717, 1.165) is 0 Å². The first-order chi connectivity index (χ1) is 8.70. The van der Waals surface area contributed by atoms with Crippen LogP contribution in [0.4, 0.5) is 4.79 Å². The van der Waals surface area contributed by atoms with E-state index in [1.807, 2.05) is 0 Å². The van der Waals surface area contributed by atoms with E-state index in [-0.39, 0.29) is 11.3 Å². The number of benzene rings is 1. The number of carbonyl (C=O) groups excluding carboxylic acids is 1. The summed E-state index contributed by atoms with van der Waals surface area (Å²) in [7, 11) is 0. The predicted molar refractivity (Wildman–Crippen MR) is 67.9 cm³/mol. The van der Waals surface area contributed by atoms with Gasteiger partial charge in [-0.1, -0.05) is 18.2 Å². The van der Waals surface area contributed by atoms with Gasteiger partial charge in [0, 0.05) is 5.56 Å². The van der Waals surface area contributed by atoms with Crippen molar-refractivity contribution < 1.29 is 24.5 Å². The Morgan fingerprint density at radius 2 is 1.84 bits per heavy atom. The number of rotatable bonds is 3. The molecule has 0 saturated heterocycles. The van der Waals surface area contributed by atoms with E-state index in [2.05, 4.69) is 5.32 Å². The van der Waals surface area contributed by atoms with E-state index >= 15 is 0 Å². The lowest BCUT2D eigenvalue weighted by Gasteiger charge is -2.22. The minimum atomic E-state index is -1.36. The molecule has 1 rings (SSSR count). The van der Waals surface area contributed by atoms with Crippen LogP contribution in [0.3, 0.4) is 0 Å². The highest BCUT2D eigenvalue weighted by atomic mass is 16.6. The fourth-order valence-electron chi connectivity index (χ4n) is 1.43. The molecule has 1 amide bonds. The van der Waals surface area contributed by atoms with Crippen LogP contribution in [0.25, 0.3) is 0 Å². The van der Waals surface area contributed by atoms with E-state index in [1.165, 1.54) is 12.1 Å². The molecule has 3 N–H and O–H groups in total. The molecular formula is C13H17NO5. The average molecular weight is 267 g/mol. The first kappa shape index (κ1) is 14.8. The first-order valence-corrected chi connectivity index (χ1v) is 5.71. The molecule has 0 radical (unpaired) electrons. The van der Waals surface area contributed by atoms with Crippen molar-refractivity contribution in [3.05, 3.63) is 29.8 Å². The van der Waals surface area contributed by atoms with Gasteiger partial charge in [-0.25, -0.2) is 9.59 Å². The Hall–Kier alpha value is -2.24. The van der Waals surface area contributed by atoms with Crippen LogP contribution < -0.4 is 5.32 Å². The lowest BCUT2D eigenvalue weighted by Crippen LogP contribution is -2.38. The fraction of sp³-hybridized carbons (Fsp3) is 0.385. The van der Waals surface area contributed by atoms with Gasteiger partial charge in [-0.2, -0.15) is 0 Å². The molecule has 0 spiro atoms. The quantitative estimate of drug-likeness (QED) is 0.778. The summed E-state index contributed by atoms with van der Waals surface area (Å²) in [6.07, 6.45) is -0.858. The molecule has 0 aromatic heterocycles. The Balaban J connectivity index is 2.89. The number of aliphatic carboxylic acids is 1. The van der Waals surface area contributed by atoms with Crippen molar-refractivity contribution in [1.82, 2.24) is 5.32 Å². The molecule has 19 heavy (non-hydrogen) atoms. The predicted octanol–water partition coefficient (Wildman–Crippen LogP) is 2.04. The second kappa shape index (κ2) is 5.60. The second-order valence-electron chi connectivity index (χ2n) is 4.98. The average Bonchev–Trinajstić information content (AvgIpc) is 2.24. The molecule has 0 bridgehead atoms. The molecular weight excluding hydrogens is 250 g/mol. The third kappa shape index (κ3) is 4.50. The number of phenols is 1. The SMILES string of the molecule is CC(C)(C)OC(=O)N[C@H](C(=O)O)c1ccccc1O. The zero-order valence-corrected chi connectivity index (χ0v) is 11.0. The van der Waals surface area contributed by atoms with E-state index in [9.17, 15) is 14.7 Å². The molecule has 0 aliphatic carbocycles. The minimum Gasteiger partial charge on any atom is -0.508 e. The van der Waals surface area contributed by atoms with Gasteiger partial charge in [0.05, 0.1) is 0 Å². The van der Waals surface area contributed by atoms with Crippen LogP contribution in [0.1, 0.15) is 32.4 Å². The topological polar surface area (TPSA) is 95.9 Å². The highest BCUT2D eigenvalue weighted by Crippen LogP contribution is 2.24. The van der Waals surface area contributed by atoms with Crippen molar-refractivity contribution in [2.24, 2.45) is 0 Å². The number of nitrogens with one attached hydrogen (secondary N) is 1. The molecule has 0 saturated carbocycles. The van der Waals surface area contributed by atoms with Crippen LogP contribution in [0, 0.1) is 0 Å². The number of para-hydroxylation sites is 1. The third-order valence-electron chi connectivity index (χ3n) is 2.16. The number of aromatic hydroxyl groups is 1. The number of phenolic OH excluding ortho intramolecular Hbond substituents is 1. The summed E-state index contributed by atoms with van der Waals surface area (Å²) in [4.78, 5) is 22.8. The lowest BCUT2D eigenvalue weighted by atomic mass is 10.1. The zero-order chi connectivity index (χ0) is 14.6. The maximum atomic E-state index is 11.6. The van der Waals surface area contributed by atoms with E-state index in [1.54, 1.807) is 32.9 Å². The van der Waals surface area contributed by atoms with Crippen molar-refractivity contribution in [3.8, 4) is 5.75 Å². The smallest absolute Gasteiger partial charge is 0.408 e. The number of alkyl carbamates (subject to hydrolysis) is 1. The molecule has 0 aliphatic rings. The van der Waals surface area contributed by atoms with Gasteiger partial charge in [-0.15, -0.1) is 0 Å². The van der Waals surface area contributed by atoms with E-state index < -0.39 is 23.7 Å². The summed E-state index contributed by atoms with van der Waals surface area (Å²) in [6.45, 7) is 5.01. The molecule has 1 aromatic carbocycles. The maximum absolute atomic E-state index is 11.6. The van der Waals surface area contributed by atoms with Crippen LogP contribution in [-0.2, 0) is 9.53 Å². The summed E-state index contributed by atoms with van der Waals surface area (Å²) in [5.74, 6) is -1.49. The molecule has 104 valence electrons. The van der Waals surface area contributed by atoms with Gasteiger partial charge >= 0.3 is 12.1 Å². The molecule has 6 nitrogen and oxygen atoms in total. The molecule has 1 aromatic rings. The van der Waals surface area contributed by atoms with Gasteiger partial charge in [0.1, 0.15) is 11.4 Å².